The van der Waals surface area contributed by atoms with E-state index in [0.717, 1.165) is 16.7 Å². The van der Waals surface area contributed by atoms with Crippen LogP contribution in [0.25, 0.3) is 6.08 Å². The van der Waals surface area contributed by atoms with Gasteiger partial charge in [0.2, 0.25) is 5.90 Å². The minimum Gasteiger partial charge on any atom is -0.490 e. The second-order valence-electron chi connectivity index (χ2n) is 6.06. The van der Waals surface area contributed by atoms with Gasteiger partial charge in [-0.05, 0) is 65.7 Å². The van der Waals surface area contributed by atoms with E-state index in [1.807, 2.05) is 44.2 Å². The fourth-order valence-electron chi connectivity index (χ4n) is 2.60. The summed E-state index contributed by atoms with van der Waals surface area (Å²) in [5.41, 5.74) is 2.84. The quantitative estimate of drug-likeness (QED) is 0.342. The summed E-state index contributed by atoms with van der Waals surface area (Å²) < 4.78 is 17.4. The van der Waals surface area contributed by atoms with Gasteiger partial charge in [0.1, 0.15) is 6.61 Å². The summed E-state index contributed by atoms with van der Waals surface area (Å²) >= 11 is 3.50. The van der Waals surface area contributed by atoms with Crippen LogP contribution in [0.1, 0.15) is 23.6 Å². The van der Waals surface area contributed by atoms with Crippen molar-refractivity contribution in [1.29, 1.82) is 0 Å². The number of ether oxygens (including phenoxy) is 3. The molecule has 6 heteroatoms. The molecule has 0 saturated heterocycles. The normalized spacial score (nSPS) is 14.6. The van der Waals surface area contributed by atoms with Crippen molar-refractivity contribution < 1.29 is 19.0 Å². The summed E-state index contributed by atoms with van der Waals surface area (Å²) in [4.78, 5) is 16.6. The molecule has 2 aromatic carbocycles. The molecule has 0 fully saturated rings. The van der Waals surface area contributed by atoms with Crippen LogP contribution in [0.4, 0.5) is 0 Å². The number of hydrogen-bond donors (Lipinski definition) is 0. The molecule has 0 bridgehead atoms. The monoisotopic (exact) mass is 441 g/mol. The maximum atomic E-state index is 12.2. The maximum Gasteiger partial charge on any atom is 0.363 e. The SMILES string of the molecule is C=CCOc1c(Br)cc(/C=C2\N=C(c3ccc(C)cc3)OC2=O)cc1OCC. The number of rotatable bonds is 7. The zero-order valence-corrected chi connectivity index (χ0v) is 17.3. The van der Waals surface area contributed by atoms with Crippen molar-refractivity contribution in [3.05, 3.63) is 75.9 Å². The largest absolute Gasteiger partial charge is 0.490 e. The summed E-state index contributed by atoms with van der Waals surface area (Å²) in [7, 11) is 0. The van der Waals surface area contributed by atoms with Gasteiger partial charge >= 0.3 is 5.97 Å². The van der Waals surface area contributed by atoms with E-state index < -0.39 is 5.97 Å². The van der Waals surface area contributed by atoms with Crippen LogP contribution in [0, 0.1) is 6.92 Å². The number of carbonyl (C=O) groups is 1. The fourth-order valence-corrected chi connectivity index (χ4v) is 3.18. The lowest BCUT2D eigenvalue weighted by molar-refractivity contribution is -0.129. The minimum atomic E-state index is -0.489. The molecule has 0 radical (unpaired) electrons. The smallest absolute Gasteiger partial charge is 0.363 e. The second kappa shape index (κ2) is 8.89. The molecule has 144 valence electrons. The van der Waals surface area contributed by atoms with Gasteiger partial charge in [-0.2, -0.15) is 0 Å². The molecular weight excluding hydrogens is 422 g/mol. The zero-order chi connectivity index (χ0) is 20.1. The van der Waals surface area contributed by atoms with Crippen molar-refractivity contribution in [3.63, 3.8) is 0 Å². The number of hydrogen-bond acceptors (Lipinski definition) is 5. The average Bonchev–Trinajstić information content (AvgIpc) is 3.02. The number of aryl methyl sites for hydroxylation is 1. The van der Waals surface area contributed by atoms with Crippen molar-refractivity contribution in [2.45, 2.75) is 13.8 Å². The van der Waals surface area contributed by atoms with Crippen LogP contribution in [-0.4, -0.2) is 25.1 Å². The molecular formula is C22H20BrNO4. The molecule has 0 aromatic heterocycles. The minimum absolute atomic E-state index is 0.227. The third-order valence-corrected chi connectivity index (χ3v) is 4.49. The molecule has 28 heavy (non-hydrogen) atoms. The Kier molecular flexibility index (Phi) is 6.31. The number of carbonyl (C=O) groups excluding carboxylic acids is 1. The van der Waals surface area contributed by atoms with Gasteiger partial charge in [0.25, 0.3) is 0 Å². The van der Waals surface area contributed by atoms with E-state index in [1.54, 1.807) is 18.2 Å². The van der Waals surface area contributed by atoms with Crippen molar-refractivity contribution in [2.75, 3.05) is 13.2 Å². The zero-order valence-electron chi connectivity index (χ0n) is 15.7. The molecule has 1 aliphatic rings. The van der Waals surface area contributed by atoms with Crippen molar-refractivity contribution in [2.24, 2.45) is 4.99 Å². The Labute approximate surface area is 172 Å². The predicted molar refractivity (Wildman–Crippen MR) is 113 cm³/mol. The summed E-state index contributed by atoms with van der Waals surface area (Å²) in [6, 6.07) is 11.3. The van der Waals surface area contributed by atoms with E-state index in [9.17, 15) is 4.79 Å². The molecule has 0 aliphatic carbocycles. The molecule has 1 heterocycles. The highest BCUT2D eigenvalue weighted by atomic mass is 79.9. The Bertz CT molecular complexity index is 961. The van der Waals surface area contributed by atoms with Crippen molar-refractivity contribution in [3.8, 4) is 11.5 Å². The molecule has 5 nitrogen and oxygen atoms in total. The van der Waals surface area contributed by atoms with Gasteiger partial charge < -0.3 is 14.2 Å². The third-order valence-electron chi connectivity index (χ3n) is 3.90. The van der Waals surface area contributed by atoms with Gasteiger partial charge in [-0.15, -0.1) is 0 Å². The first-order valence-electron chi connectivity index (χ1n) is 8.81. The maximum absolute atomic E-state index is 12.2. The summed E-state index contributed by atoms with van der Waals surface area (Å²) in [6.45, 7) is 8.38. The van der Waals surface area contributed by atoms with Gasteiger partial charge in [-0.3, -0.25) is 0 Å². The lowest BCUT2D eigenvalue weighted by Crippen LogP contribution is -2.05. The molecule has 1 aliphatic heterocycles. The molecule has 0 N–H and O–H groups in total. The van der Waals surface area contributed by atoms with Crippen LogP contribution >= 0.6 is 15.9 Å². The Hall–Kier alpha value is -2.86. The Balaban J connectivity index is 1.94. The standard InChI is InChI=1S/C22H20BrNO4/c1-4-10-27-20-17(23)11-15(13-19(20)26-5-2)12-18-22(25)28-21(24-18)16-8-6-14(3)7-9-16/h4,6-9,11-13H,1,5,10H2,2-3H3/b18-12-. The lowest BCUT2D eigenvalue weighted by Gasteiger charge is -2.13. The van der Waals surface area contributed by atoms with E-state index in [0.29, 0.717) is 35.1 Å². The molecule has 0 unspecified atom stereocenters. The van der Waals surface area contributed by atoms with Crippen LogP contribution in [0.15, 0.2) is 64.2 Å². The highest BCUT2D eigenvalue weighted by molar-refractivity contribution is 9.10. The topological polar surface area (TPSA) is 57.1 Å². The summed E-state index contributed by atoms with van der Waals surface area (Å²) in [6.07, 6.45) is 3.32. The average molecular weight is 442 g/mol. The molecule has 3 rings (SSSR count). The van der Waals surface area contributed by atoms with Crippen LogP contribution in [-0.2, 0) is 9.53 Å². The number of esters is 1. The van der Waals surface area contributed by atoms with Gasteiger partial charge in [0, 0.05) is 5.56 Å². The number of aliphatic imine (C=N–C) groups is 1. The van der Waals surface area contributed by atoms with Gasteiger partial charge in [0.15, 0.2) is 17.2 Å². The summed E-state index contributed by atoms with van der Waals surface area (Å²) in [5, 5.41) is 0. The highest BCUT2D eigenvalue weighted by Gasteiger charge is 2.24. The Morgan fingerprint density at radius 3 is 2.64 bits per heavy atom. The molecule has 0 spiro atoms. The van der Waals surface area contributed by atoms with E-state index >= 15 is 0 Å². The molecule has 0 amide bonds. The van der Waals surface area contributed by atoms with Crippen LogP contribution in [0.2, 0.25) is 0 Å². The van der Waals surface area contributed by atoms with Crippen LogP contribution < -0.4 is 9.47 Å². The first-order chi connectivity index (χ1) is 13.5. The first kappa shape index (κ1) is 19.9. The van der Waals surface area contributed by atoms with Crippen molar-refractivity contribution in [1.82, 2.24) is 0 Å². The molecule has 0 atom stereocenters. The molecule has 0 saturated carbocycles. The lowest BCUT2D eigenvalue weighted by atomic mass is 10.1. The van der Waals surface area contributed by atoms with Crippen LogP contribution in [0.3, 0.4) is 0 Å². The Morgan fingerprint density at radius 1 is 1.21 bits per heavy atom. The second-order valence-corrected chi connectivity index (χ2v) is 6.92. The van der Waals surface area contributed by atoms with Gasteiger partial charge in [-0.1, -0.05) is 30.4 Å². The Morgan fingerprint density at radius 2 is 1.96 bits per heavy atom. The van der Waals surface area contributed by atoms with E-state index in [-0.39, 0.29) is 5.70 Å². The van der Waals surface area contributed by atoms with Crippen molar-refractivity contribution >= 4 is 33.9 Å². The number of halogens is 1. The number of benzene rings is 2. The fraction of sp³-hybridized carbons (Fsp3) is 0.182. The number of nitrogens with zero attached hydrogens (tertiary/aromatic N) is 1. The predicted octanol–water partition coefficient (Wildman–Crippen LogP) is 5.07. The van der Waals surface area contributed by atoms with Crippen LogP contribution in [0.5, 0.6) is 11.5 Å². The van der Waals surface area contributed by atoms with Gasteiger partial charge in [-0.25, -0.2) is 9.79 Å². The summed E-state index contributed by atoms with van der Waals surface area (Å²) in [5.74, 6) is 0.962. The number of cyclic esters (lactones) is 1. The van der Waals surface area contributed by atoms with Gasteiger partial charge in [0.05, 0.1) is 11.1 Å². The molecule has 2 aromatic rings. The highest BCUT2D eigenvalue weighted by Crippen LogP contribution is 2.38. The third kappa shape index (κ3) is 4.51. The van der Waals surface area contributed by atoms with E-state index in [1.165, 1.54) is 0 Å². The van der Waals surface area contributed by atoms with E-state index in [2.05, 4.69) is 27.5 Å². The first-order valence-corrected chi connectivity index (χ1v) is 9.60. The van der Waals surface area contributed by atoms with E-state index in [4.69, 9.17) is 14.2 Å².